The Morgan fingerprint density at radius 3 is 2.78 bits per heavy atom. The topological polar surface area (TPSA) is 47.5 Å². The van der Waals surface area contributed by atoms with Gasteiger partial charge in [-0.05, 0) is 63.5 Å². The van der Waals surface area contributed by atoms with Gasteiger partial charge in [0.2, 0.25) is 0 Å². The molecule has 2 heterocycles. The van der Waals surface area contributed by atoms with Gasteiger partial charge in [0.05, 0.1) is 13.7 Å². The molecule has 146 valence electrons. The minimum absolute atomic E-state index is 0.573. The first-order valence-corrected chi connectivity index (χ1v) is 9.89. The highest BCUT2D eigenvalue weighted by molar-refractivity contribution is 5.43. The minimum Gasteiger partial charge on any atom is -0.493 e. The Bertz CT molecular complexity index is 763. The average molecular weight is 370 g/mol. The van der Waals surface area contributed by atoms with Crippen LogP contribution in [0.2, 0.25) is 0 Å². The van der Waals surface area contributed by atoms with Gasteiger partial charge in [0.25, 0.3) is 0 Å². The maximum Gasteiger partial charge on any atom is 0.161 e. The van der Waals surface area contributed by atoms with Crippen molar-refractivity contribution in [1.29, 1.82) is 0 Å². The average Bonchev–Trinajstić information content (AvgIpc) is 2.66. The largest absolute Gasteiger partial charge is 0.493 e. The summed E-state index contributed by atoms with van der Waals surface area (Å²) in [6.45, 7) is 7.15. The molecule has 1 aromatic carbocycles. The van der Waals surface area contributed by atoms with Gasteiger partial charge in [-0.1, -0.05) is 13.0 Å². The van der Waals surface area contributed by atoms with E-state index in [4.69, 9.17) is 9.47 Å². The van der Waals surface area contributed by atoms with Gasteiger partial charge in [-0.2, -0.15) is 0 Å². The molecule has 1 aromatic heterocycles. The maximum absolute atomic E-state index is 6.17. The van der Waals surface area contributed by atoms with Gasteiger partial charge in [0.1, 0.15) is 5.82 Å². The normalized spacial score (nSPS) is 17.7. The summed E-state index contributed by atoms with van der Waals surface area (Å²) < 4.78 is 11.7. The van der Waals surface area contributed by atoms with E-state index in [0.717, 1.165) is 53.8 Å². The van der Waals surface area contributed by atoms with E-state index in [1.54, 1.807) is 7.11 Å². The summed E-state index contributed by atoms with van der Waals surface area (Å²) in [5.41, 5.74) is 3.24. The molecule has 3 rings (SSSR count). The molecule has 0 spiro atoms. The molecule has 1 atom stereocenters. The second kappa shape index (κ2) is 9.18. The first kappa shape index (κ1) is 19.6. The van der Waals surface area contributed by atoms with Gasteiger partial charge >= 0.3 is 0 Å². The van der Waals surface area contributed by atoms with Crippen LogP contribution >= 0.6 is 0 Å². The van der Waals surface area contributed by atoms with Crippen LogP contribution in [0.4, 0.5) is 0 Å². The predicted octanol–water partition coefficient (Wildman–Crippen LogP) is 3.67. The molecule has 1 aliphatic heterocycles. The predicted molar refractivity (Wildman–Crippen MR) is 108 cm³/mol. The van der Waals surface area contributed by atoms with Crippen molar-refractivity contribution >= 4 is 0 Å². The number of methoxy groups -OCH3 is 1. The number of aryl methyl sites for hydroxylation is 2. The smallest absolute Gasteiger partial charge is 0.161 e. The summed E-state index contributed by atoms with van der Waals surface area (Å²) in [4.78, 5) is 11.6. The fourth-order valence-electron chi connectivity index (χ4n) is 3.70. The van der Waals surface area contributed by atoms with Gasteiger partial charge in [-0.25, -0.2) is 9.97 Å². The van der Waals surface area contributed by atoms with Crippen LogP contribution in [0.5, 0.6) is 11.5 Å². The number of ether oxygens (including phenoxy) is 2. The molecule has 5 nitrogen and oxygen atoms in total. The molecule has 0 amide bonds. The van der Waals surface area contributed by atoms with Crippen molar-refractivity contribution in [1.82, 2.24) is 14.9 Å². The third kappa shape index (κ3) is 5.42. The fraction of sp³-hybridized carbons (Fsp3) is 0.545. The molecule has 1 saturated heterocycles. The van der Waals surface area contributed by atoms with Gasteiger partial charge < -0.3 is 14.4 Å². The van der Waals surface area contributed by atoms with E-state index in [9.17, 15) is 0 Å². The van der Waals surface area contributed by atoms with Crippen LogP contribution < -0.4 is 9.47 Å². The van der Waals surface area contributed by atoms with E-state index in [2.05, 4.69) is 41.0 Å². The SMILES string of the molecule is CCc1cc(C)nc(Cc2ccc(OC)c(OCC3CCCN(C)C3)c2)n1. The van der Waals surface area contributed by atoms with Crippen molar-refractivity contribution in [3.8, 4) is 11.5 Å². The van der Waals surface area contributed by atoms with E-state index in [-0.39, 0.29) is 0 Å². The number of nitrogens with zero attached hydrogens (tertiary/aromatic N) is 3. The van der Waals surface area contributed by atoms with Crippen molar-refractivity contribution < 1.29 is 9.47 Å². The van der Waals surface area contributed by atoms with Crippen molar-refractivity contribution in [2.24, 2.45) is 5.92 Å². The van der Waals surface area contributed by atoms with E-state index in [1.165, 1.54) is 19.4 Å². The molecule has 1 aliphatic rings. The number of hydrogen-bond donors (Lipinski definition) is 0. The third-order valence-corrected chi connectivity index (χ3v) is 5.10. The molecule has 5 heteroatoms. The third-order valence-electron chi connectivity index (χ3n) is 5.10. The first-order chi connectivity index (χ1) is 13.1. The van der Waals surface area contributed by atoms with E-state index in [1.807, 2.05) is 19.1 Å². The molecule has 1 unspecified atom stereocenters. The van der Waals surface area contributed by atoms with Crippen molar-refractivity contribution in [3.05, 3.63) is 47.0 Å². The Balaban J connectivity index is 1.72. The maximum atomic E-state index is 6.17. The number of aromatic nitrogens is 2. The van der Waals surface area contributed by atoms with Crippen LogP contribution in [-0.4, -0.2) is 48.7 Å². The van der Waals surface area contributed by atoms with Crippen molar-refractivity contribution in [3.63, 3.8) is 0 Å². The lowest BCUT2D eigenvalue weighted by Gasteiger charge is -2.29. The summed E-state index contributed by atoms with van der Waals surface area (Å²) in [7, 11) is 3.87. The Kier molecular flexibility index (Phi) is 6.67. The molecule has 0 bridgehead atoms. The van der Waals surface area contributed by atoms with Gasteiger partial charge in [-0.15, -0.1) is 0 Å². The van der Waals surface area contributed by atoms with Gasteiger partial charge in [-0.3, -0.25) is 0 Å². The summed E-state index contributed by atoms with van der Waals surface area (Å²) >= 11 is 0. The quantitative estimate of drug-likeness (QED) is 0.745. The van der Waals surface area contributed by atoms with Crippen molar-refractivity contribution in [2.75, 3.05) is 33.9 Å². The lowest BCUT2D eigenvalue weighted by atomic mass is 9.99. The Morgan fingerprint density at radius 1 is 1.19 bits per heavy atom. The lowest BCUT2D eigenvalue weighted by Crippen LogP contribution is -2.34. The molecule has 0 N–H and O–H groups in total. The van der Waals surface area contributed by atoms with Crippen LogP contribution in [0.1, 0.15) is 42.5 Å². The number of piperidine rings is 1. The molecule has 1 fully saturated rings. The number of likely N-dealkylation sites (tertiary alicyclic amines) is 1. The Labute approximate surface area is 162 Å². The van der Waals surface area contributed by atoms with Crippen LogP contribution in [0.25, 0.3) is 0 Å². The molecular weight excluding hydrogens is 338 g/mol. The second-order valence-corrected chi connectivity index (χ2v) is 7.51. The zero-order valence-electron chi connectivity index (χ0n) is 17.0. The highest BCUT2D eigenvalue weighted by Crippen LogP contribution is 2.30. The Hall–Kier alpha value is -2.14. The van der Waals surface area contributed by atoms with Crippen LogP contribution in [0, 0.1) is 12.8 Å². The van der Waals surface area contributed by atoms with Crippen LogP contribution in [0.3, 0.4) is 0 Å². The number of benzene rings is 1. The van der Waals surface area contributed by atoms with Crippen molar-refractivity contribution in [2.45, 2.75) is 39.5 Å². The highest BCUT2D eigenvalue weighted by Gasteiger charge is 2.18. The monoisotopic (exact) mass is 369 g/mol. The summed E-state index contributed by atoms with van der Waals surface area (Å²) in [5.74, 6) is 3.02. The highest BCUT2D eigenvalue weighted by atomic mass is 16.5. The molecular formula is C22H31N3O2. The van der Waals surface area contributed by atoms with E-state index >= 15 is 0 Å². The minimum atomic E-state index is 0.573. The lowest BCUT2D eigenvalue weighted by molar-refractivity contribution is 0.148. The zero-order valence-corrected chi connectivity index (χ0v) is 17.0. The molecule has 27 heavy (non-hydrogen) atoms. The fourth-order valence-corrected chi connectivity index (χ4v) is 3.70. The number of hydrogen-bond acceptors (Lipinski definition) is 5. The standard InChI is InChI=1S/C22H31N3O2/c1-5-19-11-16(2)23-22(24-19)13-17-8-9-20(26-4)21(12-17)27-15-18-7-6-10-25(3)14-18/h8-9,11-12,18H,5-7,10,13-15H2,1-4H3. The zero-order chi connectivity index (χ0) is 19.2. The molecule has 0 radical (unpaired) electrons. The Morgan fingerprint density at radius 2 is 2.04 bits per heavy atom. The van der Waals surface area contributed by atoms with E-state index < -0.39 is 0 Å². The second-order valence-electron chi connectivity index (χ2n) is 7.51. The molecule has 0 aliphatic carbocycles. The summed E-state index contributed by atoms with van der Waals surface area (Å²) in [6, 6.07) is 8.17. The summed E-state index contributed by atoms with van der Waals surface area (Å²) in [6.07, 6.45) is 4.08. The van der Waals surface area contributed by atoms with Gasteiger partial charge in [0, 0.05) is 30.3 Å². The van der Waals surface area contributed by atoms with E-state index in [0.29, 0.717) is 12.3 Å². The van der Waals surface area contributed by atoms with Crippen LogP contribution in [-0.2, 0) is 12.8 Å². The first-order valence-electron chi connectivity index (χ1n) is 9.89. The number of rotatable bonds is 7. The molecule has 0 saturated carbocycles. The summed E-state index contributed by atoms with van der Waals surface area (Å²) in [5, 5.41) is 0. The van der Waals surface area contributed by atoms with Crippen LogP contribution in [0.15, 0.2) is 24.3 Å². The van der Waals surface area contributed by atoms with Gasteiger partial charge in [0.15, 0.2) is 11.5 Å². The molecule has 2 aromatic rings.